The Kier molecular flexibility index (Phi) is 6.47. The maximum atomic E-state index is 6.23. The Labute approximate surface area is 158 Å². The maximum Gasteiger partial charge on any atom is 0.170 e. The van der Waals surface area contributed by atoms with Crippen molar-refractivity contribution in [3.63, 3.8) is 0 Å². The SMILES string of the molecule is COc1cccc(C[NH2+]Cc2cccnc2)c1OCc1ccccc1Cl. The molecule has 5 heteroatoms. The molecule has 0 saturated carbocycles. The van der Waals surface area contributed by atoms with Crippen molar-refractivity contribution in [3.8, 4) is 11.5 Å². The molecule has 0 amide bonds. The van der Waals surface area contributed by atoms with E-state index < -0.39 is 0 Å². The molecule has 4 nitrogen and oxygen atoms in total. The fraction of sp³-hybridized carbons (Fsp3) is 0.190. The molecule has 26 heavy (non-hydrogen) atoms. The fourth-order valence-electron chi connectivity index (χ4n) is 2.73. The van der Waals surface area contributed by atoms with Crippen LogP contribution in [0.15, 0.2) is 67.0 Å². The van der Waals surface area contributed by atoms with Gasteiger partial charge < -0.3 is 14.8 Å². The molecule has 0 radical (unpaired) electrons. The Bertz CT molecular complexity index is 840. The summed E-state index contributed by atoms with van der Waals surface area (Å²) in [6, 6.07) is 17.7. The third-order valence-electron chi connectivity index (χ3n) is 4.08. The van der Waals surface area contributed by atoms with Crippen molar-refractivity contribution in [2.75, 3.05) is 7.11 Å². The van der Waals surface area contributed by atoms with E-state index in [2.05, 4.69) is 22.4 Å². The lowest BCUT2D eigenvalue weighted by Gasteiger charge is -2.15. The molecule has 2 aromatic carbocycles. The average Bonchev–Trinajstić information content (AvgIpc) is 2.68. The summed E-state index contributed by atoms with van der Waals surface area (Å²) in [6.45, 7) is 2.04. The summed E-state index contributed by atoms with van der Waals surface area (Å²) in [6.07, 6.45) is 3.67. The van der Waals surface area contributed by atoms with Gasteiger partial charge in [0, 0.05) is 28.5 Å². The molecule has 0 aliphatic rings. The van der Waals surface area contributed by atoms with Crippen LogP contribution in [0.4, 0.5) is 0 Å². The highest BCUT2D eigenvalue weighted by Gasteiger charge is 2.13. The quantitative estimate of drug-likeness (QED) is 0.660. The van der Waals surface area contributed by atoms with Crippen molar-refractivity contribution in [2.45, 2.75) is 19.7 Å². The number of quaternary nitrogens is 1. The lowest BCUT2D eigenvalue weighted by Crippen LogP contribution is -2.80. The predicted octanol–water partition coefficient (Wildman–Crippen LogP) is 3.59. The van der Waals surface area contributed by atoms with E-state index in [1.165, 1.54) is 5.56 Å². The molecule has 2 N–H and O–H groups in total. The van der Waals surface area contributed by atoms with Crippen LogP contribution in [0.5, 0.6) is 11.5 Å². The second-order valence-electron chi connectivity index (χ2n) is 5.89. The highest BCUT2D eigenvalue weighted by Crippen LogP contribution is 2.32. The van der Waals surface area contributed by atoms with E-state index in [4.69, 9.17) is 21.1 Å². The van der Waals surface area contributed by atoms with E-state index in [0.29, 0.717) is 11.6 Å². The number of benzene rings is 2. The summed E-state index contributed by atoms with van der Waals surface area (Å²) in [5, 5.41) is 2.92. The van der Waals surface area contributed by atoms with E-state index >= 15 is 0 Å². The van der Waals surface area contributed by atoms with Crippen LogP contribution < -0.4 is 14.8 Å². The van der Waals surface area contributed by atoms with Gasteiger partial charge in [-0.25, -0.2) is 0 Å². The molecular weight excluding hydrogens is 348 g/mol. The molecule has 1 heterocycles. The highest BCUT2D eigenvalue weighted by atomic mass is 35.5. The predicted molar refractivity (Wildman–Crippen MR) is 102 cm³/mol. The van der Waals surface area contributed by atoms with Crippen molar-refractivity contribution >= 4 is 11.6 Å². The summed E-state index contributed by atoms with van der Waals surface area (Å²) in [7, 11) is 1.65. The molecule has 0 aliphatic heterocycles. The molecule has 0 atom stereocenters. The molecule has 1 aromatic heterocycles. The normalized spacial score (nSPS) is 10.5. The first-order valence-electron chi connectivity index (χ1n) is 8.50. The van der Waals surface area contributed by atoms with Crippen LogP contribution in [0.1, 0.15) is 16.7 Å². The number of halogens is 1. The molecule has 0 aliphatic carbocycles. The van der Waals surface area contributed by atoms with Crippen molar-refractivity contribution in [3.05, 3.63) is 88.7 Å². The van der Waals surface area contributed by atoms with Crippen LogP contribution in [-0.2, 0) is 19.7 Å². The first-order valence-corrected chi connectivity index (χ1v) is 8.88. The third kappa shape index (κ3) is 4.75. The lowest BCUT2D eigenvalue weighted by molar-refractivity contribution is -0.686. The molecule has 134 valence electrons. The molecule has 0 saturated heterocycles. The van der Waals surface area contributed by atoms with Crippen LogP contribution >= 0.6 is 11.6 Å². The Hall–Kier alpha value is -2.56. The zero-order valence-electron chi connectivity index (χ0n) is 14.7. The van der Waals surface area contributed by atoms with Gasteiger partial charge in [0.25, 0.3) is 0 Å². The summed E-state index contributed by atoms with van der Waals surface area (Å²) >= 11 is 6.23. The Morgan fingerprint density at radius 3 is 2.58 bits per heavy atom. The number of methoxy groups -OCH3 is 1. The summed E-state index contributed by atoms with van der Waals surface area (Å²) in [5.74, 6) is 1.49. The van der Waals surface area contributed by atoms with Gasteiger partial charge in [-0.05, 0) is 24.3 Å². The average molecular weight is 370 g/mol. The number of para-hydroxylation sites is 1. The van der Waals surface area contributed by atoms with Gasteiger partial charge in [-0.2, -0.15) is 0 Å². The molecular formula is C21H22ClN2O2+. The lowest BCUT2D eigenvalue weighted by atomic mass is 10.1. The van der Waals surface area contributed by atoms with Gasteiger partial charge in [0.15, 0.2) is 11.5 Å². The van der Waals surface area contributed by atoms with Crippen molar-refractivity contribution in [1.82, 2.24) is 4.98 Å². The second-order valence-corrected chi connectivity index (χ2v) is 6.29. The number of pyridine rings is 1. The zero-order valence-corrected chi connectivity index (χ0v) is 15.4. The van der Waals surface area contributed by atoms with Crippen molar-refractivity contribution in [2.24, 2.45) is 0 Å². The number of rotatable bonds is 8. The summed E-state index contributed by atoms with van der Waals surface area (Å²) in [5.41, 5.74) is 3.22. The number of hydrogen-bond donors (Lipinski definition) is 1. The van der Waals surface area contributed by atoms with Gasteiger partial charge in [0.05, 0.1) is 12.7 Å². The smallest absolute Gasteiger partial charge is 0.170 e. The minimum atomic E-state index is 0.398. The van der Waals surface area contributed by atoms with Crippen molar-refractivity contribution < 1.29 is 14.8 Å². The number of nitrogens with two attached hydrogens (primary N) is 1. The first kappa shape index (κ1) is 18.2. The molecule has 3 rings (SSSR count). The van der Waals surface area contributed by atoms with Gasteiger partial charge in [0.1, 0.15) is 19.7 Å². The standard InChI is InChI=1S/C21H21ClN2O2/c1-25-20-10-4-8-17(14-24-13-16-6-5-11-23-12-16)21(20)26-15-18-7-2-3-9-19(18)22/h2-12,24H,13-15H2,1H3/p+1. The summed E-state index contributed by atoms with van der Waals surface area (Å²) in [4.78, 5) is 4.15. The van der Waals surface area contributed by atoms with E-state index in [1.807, 2.05) is 48.7 Å². The second kappa shape index (κ2) is 9.22. The van der Waals surface area contributed by atoms with E-state index in [9.17, 15) is 0 Å². The Morgan fingerprint density at radius 2 is 1.81 bits per heavy atom. The Morgan fingerprint density at radius 1 is 0.962 bits per heavy atom. The first-order chi connectivity index (χ1) is 12.8. The number of hydrogen-bond acceptors (Lipinski definition) is 3. The third-order valence-corrected chi connectivity index (χ3v) is 4.45. The van der Waals surface area contributed by atoms with Gasteiger partial charge >= 0.3 is 0 Å². The number of aromatic nitrogens is 1. The van der Waals surface area contributed by atoms with Gasteiger partial charge in [-0.3, -0.25) is 4.98 Å². The van der Waals surface area contributed by atoms with Gasteiger partial charge in [0.2, 0.25) is 0 Å². The van der Waals surface area contributed by atoms with Crippen molar-refractivity contribution in [1.29, 1.82) is 0 Å². The number of nitrogens with zero attached hydrogens (tertiary/aromatic N) is 1. The van der Waals surface area contributed by atoms with Crippen LogP contribution in [0.3, 0.4) is 0 Å². The molecule has 0 fully saturated rings. The Balaban J connectivity index is 1.70. The highest BCUT2D eigenvalue weighted by molar-refractivity contribution is 6.31. The van der Waals surface area contributed by atoms with Crippen LogP contribution in [-0.4, -0.2) is 12.1 Å². The summed E-state index contributed by atoms with van der Waals surface area (Å²) < 4.78 is 11.6. The van der Waals surface area contributed by atoms with E-state index in [1.54, 1.807) is 13.3 Å². The molecule has 0 spiro atoms. The minimum Gasteiger partial charge on any atom is -0.493 e. The van der Waals surface area contributed by atoms with Gasteiger partial charge in [-0.1, -0.05) is 41.9 Å². The fourth-order valence-corrected chi connectivity index (χ4v) is 2.92. The van der Waals surface area contributed by atoms with Gasteiger partial charge in [-0.15, -0.1) is 0 Å². The molecule has 3 aromatic rings. The maximum absolute atomic E-state index is 6.23. The number of ether oxygens (including phenoxy) is 2. The monoisotopic (exact) mass is 369 g/mol. The van der Waals surface area contributed by atoms with E-state index in [0.717, 1.165) is 35.7 Å². The zero-order chi connectivity index (χ0) is 18.2. The van der Waals surface area contributed by atoms with Crippen LogP contribution in [0.25, 0.3) is 0 Å². The molecule has 0 unspecified atom stereocenters. The van der Waals surface area contributed by atoms with Crippen LogP contribution in [0, 0.1) is 0 Å². The topological polar surface area (TPSA) is 48.0 Å². The minimum absolute atomic E-state index is 0.398. The van der Waals surface area contributed by atoms with Crippen LogP contribution in [0.2, 0.25) is 5.02 Å². The largest absolute Gasteiger partial charge is 0.493 e. The van der Waals surface area contributed by atoms with E-state index in [-0.39, 0.29) is 0 Å². The molecule has 0 bridgehead atoms.